The molecule has 0 atom stereocenters. The van der Waals surface area contributed by atoms with Crippen molar-refractivity contribution in [2.45, 2.75) is 0 Å². The predicted molar refractivity (Wildman–Crippen MR) is 76.1 cm³/mol. The Kier molecular flexibility index (Phi) is 4.15. The van der Waals surface area contributed by atoms with Crippen molar-refractivity contribution < 1.29 is 9.90 Å². The van der Waals surface area contributed by atoms with E-state index in [0.29, 0.717) is 10.7 Å². The topological polar surface area (TPSA) is 61.7 Å². The molecule has 96 valence electrons. The fourth-order valence-electron chi connectivity index (χ4n) is 1.46. The molecule has 4 nitrogen and oxygen atoms in total. The third kappa shape index (κ3) is 3.82. The molecule has 0 fully saturated rings. The number of hydrogen-bond donors (Lipinski definition) is 2. The Morgan fingerprint density at radius 2 is 1.95 bits per heavy atom. The first-order chi connectivity index (χ1) is 9.15. The molecule has 0 saturated carbocycles. The number of carbonyl (C=O) groups is 1. The van der Waals surface area contributed by atoms with Crippen molar-refractivity contribution in [1.82, 2.24) is 0 Å². The van der Waals surface area contributed by atoms with Crippen molar-refractivity contribution >= 4 is 29.5 Å². The number of carboxylic acid groups (broad SMARTS) is 1. The van der Waals surface area contributed by atoms with Crippen LogP contribution >= 0.6 is 11.6 Å². The summed E-state index contributed by atoms with van der Waals surface area (Å²) < 4.78 is 0. The number of nitrogens with one attached hydrogen (secondary N) is 1. The summed E-state index contributed by atoms with van der Waals surface area (Å²) in [4.78, 5) is 10.7. The Morgan fingerprint density at radius 1 is 1.21 bits per heavy atom. The number of rotatable bonds is 4. The maximum Gasteiger partial charge on any atom is 0.335 e. The number of hydrazone groups is 1. The quantitative estimate of drug-likeness (QED) is 0.663. The van der Waals surface area contributed by atoms with Crippen LogP contribution in [0.15, 0.2) is 53.6 Å². The van der Waals surface area contributed by atoms with E-state index in [2.05, 4.69) is 10.5 Å². The minimum absolute atomic E-state index is 0.240. The van der Waals surface area contributed by atoms with Crippen molar-refractivity contribution in [1.29, 1.82) is 0 Å². The molecule has 2 aromatic rings. The van der Waals surface area contributed by atoms with Gasteiger partial charge in [0.15, 0.2) is 0 Å². The predicted octanol–water partition coefficient (Wildman–Crippen LogP) is 3.48. The number of anilines is 1. The average Bonchev–Trinajstić information content (AvgIpc) is 2.39. The monoisotopic (exact) mass is 274 g/mol. The minimum atomic E-state index is -0.950. The zero-order valence-corrected chi connectivity index (χ0v) is 10.6. The van der Waals surface area contributed by atoms with E-state index in [9.17, 15) is 4.79 Å². The zero-order valence-electron chi connectivity index (χ0n) is 9.88. The van der Waals surface area contributed by atoms with Gasteiger partial charge in [-0.1, -0.05) is 23.7 Å². The van der Waals surface area contributed by atoms with Gasteiger partial charge in [0, 0.05) is 5.02 Å². The Labute approximate surface area is 115 Å². The second kappa shape index (κ2) is 6.02. The first kappa shape index (κ1) is 13.1. The maximum absolute atomic E-state index is 10.7. The van der Waals surface area contributed by atoms with E-state index in [-0.39, 0.29) is 5.56 Å². The summed E-state index contributed by atoms with van der Waals surface area (Å²) in [5.74, 6) is -0.950. The van der Waals surface area contributed by atoms with Gasteiger partial charge in [0.2, 0.25) is 0 Å². The summed E-state index contributed by atoms with van der Waals surface area (Å²) in [6.45, 7) is 0. The highest BCUT2D eigenvalue weighted by Crippen LogP contribution is 2.11. The molecule has 2 aromatic carbocycles. The first-order valence-electron chi connectivity index (χ1n) is 5.53. The Balaban J connectivity index is 2.00. The molecule has 2 N–H and O–H groups in total. The Bertz CT molecular complexity index is 609. The maximum atomic E-state index is 10.7. The SMILES string of the molecule is O=C(O)c1ccc(N/N=C/c2cccc(Cl)c2)cc1. The van der Waals surface area contributed by atoms with Crippen LogP contribution in [-0.4, -0.2) is 17.3 Å². The van der Waals surface area contributed by atoms with Crippen LogP contribution < -0.4 is 5.43 Å². The van der Waals surface area contributed by atoms with Gasteiger partial charge in [0.05, 0.1) is 17.5 Å². The van der Waals surface area contributed by atoms with E-state index in [1.807, 2.05) is 12.1 Å². The van der Waals surface area contributed by atoms with Crippen molar-refractivity contribution in [3.63, 3.8) is 0 Å². The van der Waals surface area contributed by atoms with Crippen LogP contribution in [0.2, 0.25) is 5.02 Å². The second-order valence-electron chi connectivity index (χ2n) is 3.81. The van der Waals surface area contributed by atoms with Crippen molar-refractivity contribution in [3.8, 4) is 0 Å². The van der Waals surface area contributed by atoms with Gasteiger partial charge >= 0.3 is 5.97 Å². The van der Waals surface area contributed by atoms with Gasteiger partial charge in [0.1, 0.15) is 0 Å². The molecule has 0 aliphatic heterocycles. The fraction of sp³-hybridized carbons (Fsp3) is 0. The summed E-state index contributed by atoms with van der Waals surface area (Å²) in [6.07, 6.45) is 1.64. The molecule has 0 saturated heterocycles. The average molecular weight is 275 g/mol. The standard InChI is InChI=1S/C14H11ClN2O2/c15-12-3-1-2-10(8-12)9-16-17-13-6-4-11(5-7-13)14(18)19/h1-9,17H,(H,18,19)/b16-9+. The smallest absolute Gasteiger partial charge is 0.335 e. The molecule has 0 spiro atoms. The molecule has 0 amide bonds. The number of hydrogen-bond acceptors (Lipinski definition) is 3. The summed E-state index contributed by atoms with van der Waals surface area (Å²) in [5, 5.41) is 13.5. The third-order valence-electron chi connectivity index (χ3n) is 2.39. The van der Waals surface area contributed by atoms with Crippen LogP contribution in [0.4, 0.5) is 5.69 Å². The van der Waals surface area contributed by atoms with Crippen LogP contribution in [0, 0.1) is 0 Å². The summed E-state index contributed by atoms with van der Waals surface area (Å²) in [6, 6.07) is 13.6. The van der Waals surface area contributed by atoms with Crippen LogP contribution in [0.5, 0.6) is 0 Å². The van der Waals surface area contributed by atoms with E-state index in [1.165, 1.54) is 12.1 Å². The fourth-order valence-corrected chi connectivity index (χ4v) is 1.65. The van der Waals surface area contributed by atoms with Gasteiger partial charge in [-0.25, -0.2) is 4.79 Å². The van der Waals surface area contributed by atoms with Gasteiger partial charge in [-0.15, -0.1) is 0 Å². The van der Waals surface area contributed by atoms with E-state index in [4.69, 9.17) is 16.7 Å². The van der Waals surface area contributed by atoms with Crippen LogP contribution in [0.1, 0.15) is 15.9 Å². The highest BCUT2D eigenvalue weighted by molar-refractivity contribution is 6.30. The highest BCUT2D eigenvalue weighted by Gasteiger charge is 2.00. The van der Waals surface area contributed by atoms with E-state index < -0.39 is 5.97 Å². The lowest BCUT2D eigenvalue weighted by molar-refractivity contribution is 0.0697. The number of nitrogens with zero attached hydrogens (tertiary/aromatic N) is 1. The lowest BCUT2D eigenvalue weighted by atomic mass is 10.2. The molecule has 5 heteroatoms. The molecule has 0 aliphatic rings. The molecule has 0 aromatic heterocycles. The van der Waals surface area contributed by atoms with Gasteiger partial charge in [-0.3, -0.25) is 5.43 Å². The van der Waals surface area contributed by atoms with E-state index >= 15 is 0 Å². The van der Waals surface area contributed by atoms with Gasteiger partial charge in [-0.2, -0.15) is 5.10 Å². The molecule has 0 radical (unpaired) electrons. The van der Waals surface area contributed by atoms with E-state index in [1.54, 1.807) is 30.5 Å². The number of halogens is 1. The molecule has 0 aliphatic carbocycles. The highest BCUT2D eigenvalue weighted by atomic mass is 35.5. The molecular weight excluding hydrogens is 264 g/mol. The van der Waals surface area contributed by atoms with Crippen LogP contribution in [-0.2, 0) is 0 Å². The van der Waals surface area contributed by atoms with Crippen LogP contribution in [0.25, 0.3) is 0 Å². The summed E-state index contributed by atoms with van der Waals surface area (Å²) >= 11 is 5.85. The minimum Gasteiger partial charge on any atom is -0.478 e. The largest absolute Gasteiger partial charge is 0.478 e. The first-order valence-corrected chi connectivity index (χ1v) is 5.91. The van der Waals surface area contributed by atoms with Crippen molar-refractivity contribution in [2.75, 3.05) is 5.43 Å². The van der Waals surface area contributed by atoms with Crippen molar-refractivity contribution in [3.05, 3.63) is 64.7 Å². The molecule has 2 rings (SSSR count). The number of carboxylic acids is 1. The van der Waals surface area contributed by atoms with Crippen LogP contribution in [0.3, 0.4) is 0 Å². The van der Waals surface area contributed by atoms with Gasteiger partial charge in [-0.05, 0) is 42.0 Å². The lowest BCUT2D eigenvalue weighted by Gasteiger charge is -2.00. The summed E-state index contributed by atoms with van der Waals surface area (Å²) in [5.41, 5.74) is 4.64. The number of aromatic carboxylic acids is 1. The molecule has 0 bridgehead atoms. The summed E-state index contributed by atoms with van der Waals surface area (Å²) in [7, 11) is 0. The lowest BCUT2D eigenvalue weighted by Crippen LogP contribution is -1.96. The number of benzene rings is 2. The Morgan fingerprint density at radius 3 is 2.58 bits per heavy atom. The normalized spacial score (nSPS) is 10.6. The molecular formula is C14H11ClN2O2. The zero-order chi connectivity index (χ0) is 13.7. The van der Waals surface area contributed by atoms with Crippen molar-refractivity contribution in [2.24, 2.45) is 5.10 Å². The second-order valence-corrected chi connectivity index (χ2v) is 4.24. The molecule has 19 heavy (non-hydrogen) atoms. The molecule has 0 unspecified atom stereocenters. The third-order valence-corrected chi connectivity index (χ3v) is 2.62. The van der Waals surface area contributed by atoms with Gasteiger partial charge < -0.3 is 5.11 Å². The Hall–Kier alpha value is -2.33. The van der Waals surface area contributed by atoms with Gasteiger partial charge in [0.25, 0.3) is 0 Å². The molecule has 0 heterocycles. The van der Waals surface area contributed by atoms with E-state index in [0.717, 1.165) is 5.56 Å².